The van der Waals surface area contributed by atoms with E-state index in [2.05, 4.69) is 44.8 Å². The van der Waals surface area contributed by atoms with E-state index in [0.29, 0.717) is 11.7 Å². The van der Waals surface area contributed by atoms with Crippen LogP contribution in [-0.4, -0.2) is 34.7 Å². The quantitative estimate of drug-likeness (QED) is 0.876. The minimum Gasteiger partial charge on any atom is -0.334 e. The second kappa shape index (κ2) is 6.97. The zero-order chi connectivity index (χ0) is 14.5. The molecule has 0 aliphatic heterocycles. The van der Waals surface area contributed by atoms with Crippen molar-refractivity contribution in [1.29, 1.82) is 0 Å². The number of aromatic nitrogens is 2. The molecule has 0 fully saturated rings. The van der Waals surface area contributed by atoms with Crippen LogP contribution in [0.4, 0.5) is 0 Å². The van der Waals surface area contributed by atoms with Crippen molar-refractivity contribution in [2.24, 2.45) is 5.73 Å². The van der Waals surface area contributed by atoms with E-state index in [0.717, 1.165) is 29.7 Å². The minimum atomic E-state index is -0.233. The monoisotopic (exact) mass is 338 g/mol. The standard InChI is InChI=1S/C14H19BrN4O/c1-3-19(4-2)9-12(16)13-17-14(20-18-13)10-5-7-11(15)8-6-10/h5-8,12H,3-4,9,16H2,1-2H3. The summed E-state index contributed by atoms with van der Waals surface area (Å²) in [5, 5.41) is 3.99. The second-order valence-corrected chi connectivity index (χ2v) is 5.47. The van der Waals surface area contributed by atoms with Crippen molar-refractivity contribution in [3.05, 3.63) is 34.6 Å². The highest BCUT2D eigenvalue weighted by Crippen LogP contribution is 2.21. The summed E-state index contributed by atoms with van der Waals surface area (Å²) < 4.78 is 6.30. The molecule has 0 radical (unpaired) electrons. The Kier molecular flexibility index (Phi) is 5.28. The van der Waals surface area contributed by atoms with Crippen molar-refractivity contribution in [2.45, 2.75) is 19.9 Å². The molecule has 1 atom stereocenters. The topological polar surface area (TPSA) is 68.2 Å². The fraction of sp³-hybridized carbons (Fsp3) is 0.429. The largest absolute Gasteiger partial charge is 0.334 e. The zero-order valence-electron chi connectivity index (χ0n) is 11.7. The lowest BCUT2D eigenvalue weighted by molar-refractivity contribution is 0.278. The van der Waals surface area contributed by atoms with E-state index in [9.17, 15) is 0 Å². The molecule has 1 aromatic heterocycles. The van der Waals surface area contributed by atoms with Crippen LogP contribution in [0.5, 0.6) is 0 Å². The molecule has 2 aromatic rings. The third-order valence-electron chi connectivity index (χ3n) is 3.21. The maximum absolute atomic E-state index is 6.13. The van der Waals surface area contributed by atoms with Crippen LogP contribution >= 0.6 is 15.9 Å². The molecule has 1 aromatic carbocycles. The van der Waals surface area contributed by atoms with Gasteiger partial charge in [0.1, 0.15) is 0 Å². The summed E-state index contributed by atoms with van der Waals surface area (Å²) >= 11 is 3.40. The number of nitrogens with two attached hydrogens (primary N) is 1. The first-order valence-electron chi connectivity index (χ1n) is 6.71. The summed E-state index contributed by atoms with van der Waals surface area (Å²) in [7, 11) is 0. The van der Waals surface area contributed by atoms with Crippen molar-refractivity contribution in [2.75, 3.05) is 19.6 Å². The van der Waals surface area contributed by atoms with Crippen LogP contribution in [0.3, 0.4) is 0 Å². The average Bonchev–Trinajstić information content (AvgIpc) is 2.95. The predicted molar refractivity (Wildman–Crippen MR) is 82.2 cm³/mol. The van der Waals surface area contributed by atoms with Crippen LogP contribution in [0.2, 0.25) is 0 Å². The molecule has 0 saturated carbocycles. The van der Waals surface area contributed by atoms with Gasteiger partial charge in [-0.2, -0.15) is 4.98 Å². The maximum atomic E-state index is 6.13. The Morgan fingerprint density at radius 2 is 1.90 bits per heavy atom. The molecule has 0 saturated heterocycles. The van der Waals surface area contributed by atoms with Crippen molar-refractivity contribution in [3.8, 4) is 11.5 Å². The first-order valence-corrected chi connectivity index (χ1v) is 7.50. The Morgan fingerprint density at radius 3 is 2.50 bits per heavy atom. The highest BCUT2D eigenvalue weighted by molar-refractivity contribution is 9.10. The smallest absolute Gasteiger partial charge is 0.257 e. The molecule has 108 valence electrons. The molecule has 0 bridgehead atoms. The van der Waals surface area contributed by atoms with Gasteiger partial charge in [-0.05, 0) is 37.4 Å². The van der Waals surface area contributed by atoms with Crippen LogP contribution in [-0.2, 0) is 0 Å². The number of rotatable bonds is 6. The van der Waals surface area contributed by atoms with Crippen LogP contribution < -0.4 is 5.73 Å². The van der Waals surface area contributed by atoms with Crippen LogP contribution in [0, 0.1) is 0 Å². The highest BCUT2D eigenvalue weighted by Gasteiger charge is 2.17. The molecule has 0 amide bonds. The lowest BCUT2D eigenvalue weighted by Gasteiger charge is -2.20. The fourth-order valence-corrected chi connectivity index (χ4v) is 2.20. The average molecular weight is 339 g/mol. The van der Waals surface area contributed by atoms with Crippen molar-refractivity contribution in [1.82, 2.24) is 15.0 Å². The number of benzene rings is 1. The SMILES string of the molecule is CCN(CC)CC(N)c1noc(-c2ccc(Br)cc2)n1. The molecule has 5 nitrogen and oxygen atoms in total. The highest BCUT2D eigenvalue weighted by atomic mass is 79.9. The Labute approximate surface area is 127 Å². The number of likely N-dealkylation sites (N-methyl/N-ethyl adjacent to an activating group) is 1. The van der Waals surface area contributed by atoms with E-state index >= 15 is 0 Å². The molecule has 0 spiro atoms. The molecular weight excluding hydrogens is 320 g/mol. The summed E-state index contributed by atoms with van der Waals surface area (Å²) in [6.07, 6.45) is 0. The fourth-order valence-electron chi connectivity index (χ4n) is 1.94. The van der Waals surface area contributed by atoms with Crippen molar-refractivity contribution < 1.29 is 4.52 Å². The molecule has 6 heteroatoms. The maximum Gasteiger partial charge on any atom is 0.257 e. The summed E-state index contributed by atoms with van der Waals surface area (Å²) in [6.45, 7) is 6.87. The Hall–Kier alpha value is -1.24. The van der Waals surface area contributed by atoms with Gasteiger partial charge in [-0.3, -0.25) is 0 Å². The van der Waals surface area contributed by atoms with E-state index in [1.165, 1.54) is 0 Å². The molecule has 1 unspecified atom stereocenters. The Morgan fingerprint density at radius 1 is 1.25 bits per heavy atom. The van der Waals surface area contributed by atoms with E-state index in [1.54, 1.807) is 0 Å². The van der Waals surface area contributed by atoms with E-state index < -0.39 is 0 Å². The minimum absolute atomic E-state index is 0.233. The summed E-state index contributed by atoms with van der Waals surface area (Å²) in [5.41, 5.74) is 7.02. The van der Waals surface area contributed by atoms with E-state index in [4.69, 9.17) is 10.3 Å². The van der Waals surface area contributed by atoms with Gasteiger partial charge in [0.2, 0.25) is 0 Å². The number of nitrogens with zero attached hydrogens (tertiary/aromatic N) is 3. The van der Waals surface area contributed by atoms with E-state index in [1.807, 2.05) is 24.3 Å². The second-order valence-electron chi connectivity index (χ2n) is 4.56. The molecule has 2 N–H and O–H groups in total. The first kappa shape index (κ1) is 15.2. The zero-order valence-corrected chi connectivity index (χ0v) is 13.3. The van der Waals surface area contributed by atoms with Gasteiger partial charge in [0.25, 0.3) is 5.89 Å². The Bertz CT molecular complexity index is 536. The molecule has 0 aliphatic carbocycles. The summed E-state index contributed by atoms with van der Waals surface area (Å²) in [5.74, 6) is 1.05. The van der Waals surface area contributed by atoms with Crippen LogP contribution in [0.1, 0.15) is 25.7 Å². The molecule has 0 aliphatic rings. The van der Waals surface area contributed by atoms with Gasteiger partial charge < -0.3 is 15.2 Å². The van der Waals surface area contributed by atoms with Gasteiger partial charge in [0.15, 0.2) is 5.82 Å². The molecular formula is C14H19BrN4O. The molecule has 1 heterocycles. The third-order valence-corrected chi connectivity index (χ3v) is 3.74. The third kappa shape index (κ3) is 3.65. The number of hydrogen-bond acceptors (Lipinski definition) is 5. The van der Waals surface area contributed by atoms with Gasteiger partial charge in [0.05, 0.1) is 6.04 Å². The van der Waals surface area contributed by atoms with Gasteiger partial charge >= 0.3 is 0 Å². The normalized spacial score (nSPS) is 12.8. The van der Waals surface area contributed by atoms with Gasteiger partial charge in [0, 0.05) is 16.6 Å². The van der Waals surface area contributed by atoms with Gasteiger partial charge in [-0.1, -0.05) is 34.9 Å². The van der Waals surface area contributed by atoms with Crippen LogP contribution in [0.25, 0.3) is 11.5 Å². The van der Waals surface area contributed by atoms with Crippen LogP contribution in [0.15, 0.2) is 33.3 Å². The Balaban J connectivity index is 2.10. The van der Waals surface area contributed by atoms with Crippen molar-refractivity contribution >= 4 is 15.9 Å². The molecule has 2 rings (SSSR count). The number of hydrogen-bond donors (Lipinski definition) is 1. The number of halogens is 1. The van der Waals surface area contributed by atoms with Crippen molar-refractivity contribution in [3.63, 3.8) is 0 Å². The van der Waals surface area contributed by atoms with Gasteiger partial charge in [-0.25, -0.2) is 0 Å². The molecule has 20 heavy (non-hydrogen) atoms. The predicted octanol–water partition coefficient (Wildman–Crippen LogP) is 2.84. The van der Waals surface area contributed by atoms with E-state index in [-0.39, 0.29) is 6.04 Å². The summed E-state index contributed by atoms with van der Waals surface area (Å²) in [4.78, 5) is 6.62. The van der Waals surface area contributed by atoms with Gasteiger partial charge in [-0.15, -0.1) is 0 Å². The lowest BCUT2D eigenvalue weighted by atomic mass is 10.2. The lowest BCUT2D eigenvalue weighted by Crippen LogP contribution is -2.32. The summed E-state index contributed by atoms with van der Waals surface area (Å²) in [6, 6.07) is 7.50. The first-order chi connectivity index (χ1) is 9.63.